The summed E-state index contributed by atoms with van der Waals surface area (Å²) in [5.41, 5.74) is 1.88. The Kier molecular flexibility index (Phi) is 5.02. The molecule has 1 aliphatic rings. The van der Waals surface area contributed by atoms with Crippen molar-refractivity contribution in [3.05, 3.63) is 51.7 Å². The van der Waals surface area contributed by atoms with Gasteiger partial charge < -0.3 is 14.8 Å². The first-order valence-electron chi connectivity index (χ1n) is 8.30. The summed E-state index contributed by atoms with van der Waals surface area (Å²) in [6.07, 6.45) is 3.89. The third kappa shape index (κ3) is 3.99. The van der Waals surface area contributed by atoms with E-state index in [1.165, 1.54) is 0 Å². The van der Waals surface area contributed by atoms with Crippen molar-refractivity contribution >= 4 is 11.5 Å². The average Bonchev–Trinajstić information content (AvgIpc) is 3.45. The first-order valence-corrected chi connectivity index (χ1v) is 8.30. The molecular formula is C18H21N3O4. The Morgan fingerprint density at radius 1 is 1.32 bits per heavy atom. The van der Waals surface area contributed by atoms with E-state index in [4.69, 9.17) is 9.47 Å². The molecule has 1 aliphatic carbocycles. The van der Waals surface area contributed by atoms with Gasteiger partial charge in [-0.25, -0.2) is 4.98 Å². The van der Waals surface area contributed by atoms with Crippen LogP contribution in [0, 0.1) is 10.1 Å². The summed E-state index contributed by atoms with van der Waals surface area (Å²) in [4.78, 5) is 15.2. The number of pyridine rings is 1. The number of hydrogen-bond acceptors (Lipinski definition) is 6. The molecule has 1 heterocycles. The van der Waals surface area contributed by atoms with Crippen molar-refractivity contribution in [3.63, 3.8) is 0 Å². The molecule has 7 nitrogen and oxygen atoms in total. The fraction of sp³-hybridized carbons (Fsp3) is 0.389. The van der Waals surface area contributed by atoms with Gasteiger partial charge in [-0.2, -0.15) is 0 Å². The molecule has 3 rings (SSSR count). The molecule has 2 aromatic rings. The van der Waals surface area contributed by atoms with Crippen molar-refractivity contribution < 1.29 is 14.4 Å². The molecule has 132 valence electrons. The number of nitro groups is 1. The van der Waals surface area contributed by atoms with Crippen molar-refractivity contribution in [2.75, 3.05) is 19.0 Å². The highest BCUT2D eigenvalue weighted by Crippen LogP contribution is 2.41. The number of ether oxygens (including phenoxy) is 2. The van der Waals surface area contributed by atoms with Gasteiger partial charge in [-0.15, -0.1) is 0 Å². The zero-order valence-electron chi connectivity index (χ0n) is 14.3. The van der Waals surface area contributed by atoms with Crippen LogP contribution in [0.1, 0.15) is 36.8 Å². The molecule has 1 aromatic heterocycles. The second kappa shape index (κ2) is 7.38. The Morgan fingerprint density at radius 2 is 2.12 bits per heavy atom. The molecule has 1 saturated carbocycles. The summed E-state index contributed by atoms with van der Waals surface area (Å²) in [6.45, 7) is 2.84. The summed E-state index contributed by atoms with van der Waals surface area (Å²) in [5.74, 6) is 2.01. The average molecular weight is 343 g/mol. The van der Waals surface area contributed by atoms with Crippen LogP contribution in [0.5, 0.6) is 11.5 Å². The van der Waals surface area contributed by atoms with Crippen molar-refractivity contribution in [2.24, 2.45) is 0 Å². The van der Waals surface area contributed by atoms with Crippen LogP contribution < -0.4 is 14.8 Å². The Labute approximate surface area is 146 Å². The fourth-order valence-electron chi connectivity index (χ4n) is 2.67. The lowest BCUT2D eigenvalue weighted by Crippen LogP contribution is -2.06. The quantitative estimate of drug-likeness (QED) is 0.578. The standard InChI is InChI=1S/C18H21N3O4/c1-3-25-17-8-12(4-7-16(17)24-2)10-19-18-15(21(22)23)9-14(11-20-18)13-5-6-13/h4,7-9,11,13H,3,5-6,10H2,1-2H3,(H,19,20). The summed E-state index contributed by atoms with van der Waals surface area (Å²) >= 11 is 0. The van der Waals surface area contributed by atoms with E-state index in [0.29, 0.717) is 30.6 Å². The Balaban J connectivity index is 1.76. The van der Waals surface area contributed by atoms with Gasteiger partial charge in [-0.05, 0) is 48.9 Å². The monoisotopic (exact) mass is 343 g/mol. The molecule has 0 saturated heterocycles. The second-order valence-corrected chi connectivity index (χ2v) is 5.94. The molecule has 0 radical (unpaired) electrons. The summed E-state index contributed by atoms with van der Waals surface area (Å²) < 4.78 is 10.8. The lowest BCUT2D eigenvalue weighted by atomic mass is 10.1. The van der Waals surface area contributed by atoms with Crippen LogP contribution in [0.2, 0.25) is 0 Å². The predicted octanol–water partition coefficient (Wildman–Crippen LogP) is 3.89. The number of hydrogen-bond donors (Lipinski definition) is 1. The van der Waals surface area contributed by atoms with Crippen LogP contribution in [-0.2, 0) is 6.54 Å². The lowest BCUT2D eigenvalue weighted by molar-refractivity contribution is -0.384. The first kappa shape index (κ1) is 17.0. The molecule has 1 aromatic carbocycles. The van der Waals surface area contributed by atoms with Gasteiger partial charge >= 0.3 is 5.69 Å². The van der Waals surface area contributed by atoms with E-state index in [2.05, 4.69) is 10.3 Å². The van der Waals surface area contributed by atoms with Crippen molar-refractivity contribution in [1.29, 1.82) is 0 Å². The maximum atomic E-state index is 11.3. The van der Waals surface area contributed by atoms with Crippen LogP contribution in [0.25, 0.3) is 0 Å². The van der Waals surface area contributed by atoms with Crippen molar-refractivity contribution in [2.45, 2.75) is 32.2 Å². The number of rotatable bonds is 8. The van der Waals surface area contributed by atoms with Crippen LogP contribution in [0.3, 0.4) is 0 Å². The molecular weight excluding hydrogens is 322 g/mol. The minimum Gasteiger partial charge on any atom is -0.493 e. The number of methoxy groups -OCH3 is 1. The molecule has 25 heavy (non-hydrogen) atoms. The van der Waals surface area contributed by atoms with E-state index in [1.807, 2.05) is 25.1 Å². The fourth-order valence-corrected chi connectivity index (χ4v) is 2.67. The third-order valence-electron chi connectivity index (χ3n) is 4.12. The van der Waals surface area contributed by atoms with Crippen LogP contribution >= 0.6 is 0 Å². The third-order valence-corrected chi connectivity index (χ3v) is 4.12. The SMILES string of the molecule is CCOc1cc(CNc2ncc(C3CC3)cc2[N+](=O)[O-])ccc1OC. The maximum Gasteiger partial charge on any atom is 0.311 e. The topological polar surface area (TPSA) is 86.5 Å². The van der Waals surface area contributed by atoms with E-state index in [-0.39, 0.29) is 16.4 Å². The van der Waals surface area contributed by atoms with E-state index in [9.17, 15) is 10.1 Å². The Bertz CT molecular complexity index is 775. The lowest BCUT2D eigenvalue weighted by Gasteiger charge is -2.12. The van der Waals surface area contributed by atoms with Gasteiger partial charge in [0, 0.05) is 18.8 Å². The Hall–Kier alpha value is -2.83. The molecule has 0 unspecified atom stereocenters. The van der Waals surface area contributed by atoms with Crippen LogP contribution in [0.4, 0.5) is 11.5 Å². The van der Waals surface area contributed by atoms with E-state index >= 15 is 0 Å². The number of nitrogens with zero attached hydrogens (tertiary/aromatic N) is 2. The molecule has 0 spiro atoms. The van der Waals surface area contributed by atoms with Crippen LogP contribution in [0.15, 0.2) is 30.5 Å². The second-order valence-electron chi connectivity index (χ2n) is 5.94. The van der Waals surface area contributed by atoms with Gasteiger partial charge in [-0.1, -0.05) is 6.07 Å². The maximum absolute atomic E-state index is 11.3. The zero-order chi connectivity index (χ0) is 17.8. The van der Waals surface area contributed by atoms with Gasteiger partial charge in [0.1, 0.15) is 0 Å². The highest BCUT2D eigenvalue weighted by Gasteiger charge is 2.27. The van der Waals surface area contributed by atoms with Gasteiger partial charge in [0.15, 0.2) is 11.5 Å². The number of aromatic nitrogens is 1. The highest BCUT2D eigenvalue weighted by molar-refractivity contribution is 5.58. The van der Waals surface area contributed by atoms with Crippen LogP contribution in [-0.4, -0.2) is 23.6 Å². The largest absolute Gasteiger partial charge is 0.493 e. The van der Waals surface area contributed by atoms with Crippen molar-refractivity contribution in [1.82, 2.24) is 4.98 Å². The normalized spacial score (nSPS) is 13.4. The van der Waals surface area contributed by atoms with Gasteiger partial charge in [0.2, 0.25) is 5.82 Å². The summed E-state index contributed by atoms with van der Waals surface area (Å²) in [6, 6.07) is 7.20. The molecule has 0 bridgehead atoms. The van der Waals surface area contributed by atoms with E-state index in [1.54, 1.807) is 19.4 Å². The van der Waals surface area contributed by atoms with Gasteiger partial charge in [0.05, 0.1) is 18.6 Å². The number of nitrogens with one attached hydrogen (secondary N) is 1. The Morgan fingerprint density at radius 3 is 2.76 bits per heavy atom. The molecule has 0 aliphatic heterocycles. The smallest absolute Gasteiger partial charge is 0.311 e. The van der Waals surface area contributed by atoms with Gasteiger partial charge in [-0.3, -0.25) is 10.1 Å². The van der Waals surface area contributed by atoms with Crippen molar-refractivity contribution in [3.8, 4) is 11.5 Å². The summed E-state index contributed by atoms with van der Waals surface area (Å²) in [5, 5.41) is 14.4. The molecule has 0 atom stereocenters. The molecule has 7 heteroatoms. The summed E-state index contributed by atoms with van der Waals surface area (Å²) in [7, 11) is 1.59. The predicted molar refractivity (Wildman–Crippen MR) is 94.4 cm³/mol. The van der Waals surface area contributed by atoms with E-state index in [0.717, 1.165) is 24.0 Å². The molecule has 1 N–H and O–H groups in total. The first-order chi connectivity index (χ1) is 12.1. The minimum atomic E-state index is -0.388. The van der Waals surface area contributed by atoms with E-state index < -0.39 is 0 Å². The minimum absolute atomic E-state index is 0.0166. The highest BCUT2D eigenvalue weighted by atomic mass is 16.6. The molecule has 0 amide bonds. The number of benzene rings is 1. The van der Waals surface area contributed by atoms with Gasteiger partial charge in [0.25, 0.3) is 0 Å². The number of anilines is 1. The molecule has 1 fully saturated rings. The zero-order valence-corrected chi connectivity index (χ0v) is 14.3.